The second kappa shape index (κ2) is 15.2. The van der Waals surface area contributed by atoms with Crippen molar-refractivity contribution in [3.8, 4) is 68.2 Å². The summed E-state index contributed by atoms with van der Waals surface area (Å²) < 4.78 is 36.6. The Morgan fingerprint density at radius 3 is 0.868 bits per heavy atom. The van der Waals surface area contributed by atoms with E-state index in [2.05, 4.69) is 41.5 Å². The van der Waals surface area contributed by atoms with Crippen molar-refractivity contribution in [3.05, 3.63) is 70.8 Å². The van der Waals surface area contributed by atoms with Crippen molar-refractivity contribution in [3.63, 3.8) is 0 Å². The van der Waals surface area contributed by atoms with Gasteiger partial charge in [0.1, 0.15) is 46.0 Å². The molecule has 0 heterocycles. The van der Waals surface area contributed by atoms with Crippen LogP contribution in [0.15, 0.2) is 48.5 Å². The third kappa shape index (κ3) is 8.92. The van der Waals surface area contributed by atoms with Crippen molar-refractivity contribution < 1.29 is 38.2 Å². The molecule has 0 amide bonds. The summed E-state index contributed by atoms with van der Waals surface area (Å²) in [6, 6.07) is 15.1. The Morgan fingerprint density at radius 2 is 0.623 bits per heavy atom. The molecule has 53 heavy (non-hydrogen) atoms. The van der Waals surface area contributed by atoms with Gasteiger partial charge in [-0.15, -0.1) is 0 Å². The van der Waals surface area contributed by atoms with E-state index in [9.17, 15) is 10.2 Å². The highest BCUT2D eigenvalue weighted by atomic mass is 31.1. The average molecular weight is 747 g/mol. The van der Waals surface area contributed by atoms with Crippen molar-refractivity contribution >= 4 is 9.03 Å². The minimum absolute atomic E-state index is 0.135. The smallest absolute Gasteiger partial charge is 0.275 e. The Balaban J connectivity index is 1.99. The van der Waals surface area contributed by atoms with Crippen LogP contribution in [0, 0.1) is 0 Å². The highest BCUT2D eigenvalue weighted by Gasteiger charge is 2.31. The molecule has 0 bridgehead atoms. The normalized spacial score (nSPS) is 12.4. The van der Waals surface area contributed by atoms with Crippen LogP contribution in [-0.4, -0.2) is 38.7 Å². The second-order valence-corrected chi connectivity index (χ2v) is 18.1. The Labute approximate surface area is 318 Å². The van der Waals surface area contributed by atoms with Gasteiger partial charge in [0, 0.05) is 44.5 Å². The van der Waals surface area contributed by atoms with E-state index in [0.717, 1.165) is 22.3 Å². The van der Waals surface area contributed by atoms with E-state index in [1.807, 2.05) is 90.1 Å². The molecular formula is C44H59O8P. The number of hydrogen-bond acceptors (Lipinski definition) is 8. The van der Waals surface area contributed by atoms with Crippen LogP contribution in [0.25, 0.3) is 22.3 Å². The van der Waals surface area contributed by atoms with Crippen LogP contribution in [0.1, 0.15) is 105 Å². The molecule has 0 aromatic heterocycles. The largest absolute Gasteiger partial charge is 0.507 e. The minimum atomic E-state index is -0.531. The third-order valence-electron chi connectivity index (χ3n) is 9.33. The molecule has 0 spiro atoms. The Kier molecular flexibility index (Phi) is 11.9. The molecule has 0 saturated carbocycles. The summed E-state index contributed by atoms with van der Waals surface area (Å²) in [6.07, 6.45) is 0. The fraction of sp³-hybridized carbons (Fsp3) is 0.455. The van der Waals surface area contributed by atoms with Gasteiger partial charge in [0.05, 0.1) is 28.4 Å². The van der Waals surface area contributed by atoms with Crippen molar-refractivity contribution in [2.75, 3.05) is 28.4 Å². The van der Waals surface area contributed by atoms with Gasteiger partial charge >= 0.3 is 0 Å². The van der Waals surface area contributed by atoms with Crippen LogP contribution in [-0.2, 0) is 21.7 Å². The lowest BCUT2D eigenvalue weighted by Gasteiger charge is -2.29. The van der Waals surface area contributed by atoms with E-state index in [1.54, 1.807) is 28.4 Å². The number of ether oxygens (including phenoxy) is 4. The molecule has 288 valence electrons. The van der Waals surface area contributed by atoms with Gasteiger partial charge in [-0.25, -0.2) is 0 Å². The highest BCUT2D eigenvalue weighted by Crippen LogP contribution is 2.53. The Bertz CT molecular complexity index is 1810. The molecule has 0 radical (unpaired) electrons. The predicted molar refractivity (Wildman–Crippen MR) is 218 cm³/mol. The lowest BCUT2D eigenvalue weighted by Crippen LogP contribution is -2.15. The summed E-state index contributed by atoms with van der Waals surface area (Å²) in [5.74, 6) is 3.83. The number of rotatable bonds is 10. The van der Waals surface area contributed by atoms with Gasteiger partial charge in [0.2, 0.25) is 0 Å². The van der Waals surface area contributed by atoms with E-state index in [-0.39, 0.29) is 33.2 Å². The standard InChI is InChI=1S/C44H59O8P/c1-41(2,3)33-21-25(47-13)17-29(37(33)45)31-19-27(49-15)23-35(43(7,8)9)39(31)51-53-52-40-32(20-28(50-16)24-36(40)44(10,11)12)30-18-26(48-14)22-34(38(30)46)42(4,5)6/h17-24,45-46,53H,1-16H3. The molecule has 0 unspecified atom stereocenters. The lowest BCUT2D eigenvalue weighted by atomic mass is 9.81. The minimum Gasteiger partial charge on any atom is -0.507 e. The molecule has 4 aromatic rings. The zero-order valence-corrected chi connectivity index (χ0v) is 35.5. The van der Waals surface area contributed by atoms with Gasteiger partial charge in [-0.2, -0.15) is 0 Å². The van der Waals surface area contributed by atoms with E-state index in [4.69, 9.17) is 28.0 Å². The second-order valence-electron chi connectivity index (χ2n) is 17.5. The highest BCUT2D eigenvalue weighted by molar-refractivity contribution is 7.27. The van der Waals surface area contributed by atoms with Crippen LogP contribution in [0.4, 0.5) is 0 Å². The number of aromatic hydroxyl groups is 2. The van der Waals surface area contributed by atoms with E-state index >= 15 is 0 Å². The quantitative estimate of drug-likeness (QED) is 0.155. The van der Waals surface area contributed by atoms with Crippen molar-refractivity contribution in [1.82, 2.24) is 0 Å². The Hall–Kier alpha value is -4.29. The van der Waals surface area contributed by atoms with E-state index < -0.39 is 9.03 Å². The van der Waals surface area contributed by atoms with Crippen LogP contribution >= 0.6 is 9.03 Å². The van der Waals surface area contributed by atoms with Crippen molar-refractivity contribution in [1.29, 1.82) is 0 Å². The summed E-state index contributed by atoms with van der Waals surface area (Å²) >= 11 is 0. The van der Waals surface area contributed by atoms with Crippen molar-refractivity contribution in [2.45, 2.75) is 105 Å². The first-order chi connectivity index (χ1) is 24.5. The summed E-state index contributed by atoms with van der Waals surface area (Å²) in [4.78, 5) is 0. The van der Waals surface area contributed by atoms with E-state index in [1.165, 1.54) is 0 Å². The summed E-state index contributed by atoms with van der Waals surface area (Å²) in [6.45, 7) is 24.9. The predicted octanol–water partition coefficient (Wildman–Crippen LogP) is 11.6. The molecule has 0 aliphatic carbocycles. The fourth-order valence-corrected chi connectivity index (χ4v) is 6.93. The summed E-state index contributed by atoms with van der Waals surface area (Å²) in [5, 5.41) is 23.7. The molecule has 8 nitrogen and oxygen atoms in total. The van der Waals surface area contributed by atoms with Gasteiger partial charge in [0.25, 0.3) is 9.03 Å². The first-order valence-electron chi connectivity index (χ1n) is 17.8. The van der Waals surface area contributed by atoms with Crippen LogP contribution in [0.2, 0.25) is 0 Å². The first-order valence-corrected chi connectivity index (χ1v) is 18.6. The number of methoxy groups -OCH3 is 4. The molecule has 9 heteroatoms. The molecular weight excluding hydrogens is 687 g/mol. The molecule has 0 aliphatic rings. The maximum absolute atomic E-state index is 11.8. The molecule has 0 atom stereocenters. The van der Waals surface area contributed by atoms with Gasteiger partial charge in [0.15, 0.2) is 0 Å². The van der Waals surface area contributed by atoms with Gasteiger partial charge in [-0.05, 0) is 70.2 Å². The number of phenolic OH excluding ortho intramolecular Hbond substituents is 2. The lowest BCUT2D eigenvalue weighted by molar-refractivity contribution is 0.405. The van der Waals surface area contributed by atoms with E-state index in [0.29, 0.717) is 56.8 Å². The summed E-state index contributed by atoms with van der Waals surface area (Å²) in [5.41, 5.74) is 4.06. The van der Waals surface area contributed by atoms with Crippen LogP contribution < -0.4 is 28.0 Å². The Morgan fingerprint density at radius 1 is 0.377 bits per heavy atom. The zero-order valence-electron chi connectivity index (χ0n) is 34.5. The third-order valence-corrected chi connectivity index (χ3v) is 9.91. The summed E-state index contributed by atoms with van der Waals surface area (Å²) in [7, 11) is 5.95. The monoisotopic (exact) mass is 746 g/mol. The topological polar surface area (TPSA) is 95.8 Å². The zero-order chi connectivity index (χ0) is 39.8. The number of phenols is 2. The maximum atomic E-state index is 11.8. The molecule has 4 aromatic carbocycles. The molecule has 2 N–H and O–H groups in total. The molecule has 4 rings (SSSR count). The fourth-order valence-electron chi connectivity index (χ4n) is 6.28. The van der Waals surface area contributed by atoms with Crippen LogP contribution in [0.5, 0.6) is 46.0 Å². The average Bonchev–Trinajstić information content (AvgIpc) is 3.06. The SMILES string of the molecule is COc1cc(-c2cc(OC)cc(C(C)(C)C)c2OPOc2c(-c3cc(OC)cc(C(C)(C)C)c3O)cc(OC)cc2C(C)(C)C)c(O)c(C(C)(C)C)c1. The molecule has 0 fully saturated rings. The first kappa shape index (κ1) is 41.5. The number of hydrogen-bond donors (Lipinski definition) is 2. The number of benzene rings is 4. The molecule has 0 saturated heterocycles. The van der Waals surface area contributed by atoms with Crippen LogP contribution in [0.3, 0.4) is 0 Å². The van der Waals surface area contributed by atoms with Gasteiger partial charge < -0.3 is 38.2 Å². The van der Waals surface area contributed by atoms with Crippen molar-refractivity contribution in [2.24, 2.45) is 0 Å². The maximum Gasteiger partial charge on any atom is 0.275 e. The van der Waals surface area contributed by atoms with Gasteiger partial charge in [-0.3, -0.25) is 0 Å². The van der Waals surface area contributed by atoms with Gasteiger partial charge in [-0.1, -0.05) is 83.1 Å². The molecule has 0 aliphatic heterocycles.